The Kier molecular flexibility index (Phi) is 7.82. The van der Waals surface area contributed by atoms with Crippen LogP contribution in [0.1, 0.15) is 30.1 Å². The molecule has 1 N–H and O–H groups in total. The van der Waals surface area contributed by atoms with Crippen molar-refractivity contribution in [1.29, 1.82) is 0 Å². The number of fused-ring (bicyclic) bond motifs is 1. The summed E-state index contributed by atoms with van der Waals surface area (Å²) in [5, 5.41) is 3.40. The van der Waals surface area contributed by atoms with Crippen molar-refractivity contribution in [2.75, 3.05) is 26.2 Å². The quantitative estimate of drug-likeness (QED) is 0.913. The Labute approximate surface area is 149 Å². The van der Waals surface area contributed by atoms with E-state index in [1.807, 2.05) is 33.8 Å². The van der Waals surface area contributed by atoms with Gasteiger partial charge in [0.15, 0.2) is 0 Å². The zero-order valence-corrected chi connectivity index (χ0v) is 14.9. The average Bonchev–Trinajstić information content (AvgIpc) is 3.00. The monoisotopic (exact) mass is 358 g/mol. The molecule has 0 aliphatic carbocycles. The minimum absolute atomic E-state index is 0. The van der Waals surface area contributed by atoms with Crippen LogP contribution in [0.5, 0.6) is 0 Å². The van der Waals surface area contributed by atoms with E-state index in [0.29, 0.717) is 5.92 Å². The highest BCUT2D eigenvalue weighted by molar-refractivity contribution is 5.94. The van der Waals surface area contributed by atoms with Crippen molar-refractivity contribution in [3.05, 3.63) is 36.3 Å². The fourth-order valence-electron chi connectivity index (χ4n) is 2.92. The number of halogens is 2. The second kappa shape index (κ2) is 9.11. The Bertz CT molecular complexity index is 623. The molecule has 1 saturated heterocycles. The standard InChI is InChI=1S/C16H22N4O.2ClH/c1-2-17-11-13-5-8-19(9-6-13)16(21)14-3-4-15-18-7-10-20(15)12-14;;/h3-4,7,10,12-13,17H,2,5-6,8-9,11H2,1H3;2*1H. The zero-order chi connectivity index (χ0) is 14.7. The predicted molar refractivity (Wildman–Crippen MR) is 96.9 cm³/mol. The fourth-order valence-corrected chi connectivity index (χ4v) is 2.92. The molecule has 3 rings (SSSR count). The molecule has 0 saturated carbocycles. The normalized spacial score (nSPS) is 15.1. The molecule has 3 heterocycles. The number of pyridine rings is 1. The highest BCUT2D eigenvalue weighted by atomic mass is 35.5. The van der Waals surface area contributed by atoms with E-state index in [9.17, 15) is 4.79 Å². The number of hydrogen-bond acceptors (Lipinski definition) is 3. The molecule has 0 atom stereocenters. The third-order valence-corrected chi connectivity index (χ3v) is 4.22. The molecule has 0 bridgehead atoms. The number of imidazole rings is 1. The summed E-state index contributed by atoms with van der Waals surface area (Å²) in [6.07, 6.45) is 7.66. The van der Waals surface area contributed by atoms with E-state index >= 15 is 0 Å². The molecule has 1 amide bonds. The summed E-state index contributed by atoms with van der Waals surface area (Å²) < 4.78 is 1.89. The van der Waals surface area contributed by atoms with E-state index in [2.05, 4.69) is 17.2 Å². The molecule has 1 fully saturated rings. The number of nitrogens with one attached hydrogen (secondary N) is 1. The zero-order valence-electron chi connectivity index (χ0n) is 13.3. The van der Waals surface area contributed by atoms with E-state index in [1.165, 1.54) is 0 Å². The highest BCUT2D eigenvalue weighted by Crippen LogP contribution is 2.18. The van der Waals surface area contributed by atoms with Crippen molar-refractivity contribution in [2.24, 2.45) is 5.92 Å². The largest absolute Gasteiger partial charge is 0.339 e. The summed E-state index contributed by atoms with van der Waals surface area (Å²) in [5.41, 5.74) is 1.61. The van der Waals surface area contributed by atoms with E-state index in [1.54, 1.807) is 6.20 Å². The van der Waals surface area contributed by atoms with Crippen molar-refractivity contribution < 1.29 is 4.79 Å². The number of amides is 1. The van der Waals surface area contributed by atoms with Crippen molar-refractivity contribution in [2.45, 2.75) is 19.8 Å². The van der Waals surface area contributed by atoms with Gasteiger partial charge < -0.3 is 14.6 Å². The second-order valence-electron chi connectivity index (χ2n) is 5.65. The van der Waals surface area contributed by atoms with Crippen molar-refractivity contribution in [3.8, 4) is 0 Å². The Morgan fingerprint density at radius 3 is 2.74 bits per heavy atom. The number of carbonyl (C=O) groups is 1. The van der Waals surface area contributed by atoms with Gasteiger partial charge in [0, 0.05) is 31.7 Å². The molecule has 0 unspecified atom stereocenters. The lowest BCUT2D eigenvalue weighted by Crippen LogP contribution is -2.40. The van der Waals surface area contributed by atoms with Gasteiger partial charge in [-0.3, -0.25) is 4.79 Å². The van der Waals surface area contributed by atoms with Crippen LogP contribution in [0.25, 0.3) is 5.65 Å². The molecule has 23 heavy (non-hydrogen) atoms. The maximum absolute atomic E-state index is 12.6. The van der Waals surface area contributed by atoms with E-state index in [4.69, 9.17) is 0 Å². The van der Waals surface area contributed by atoms with Crippen molar-refractivity contribution >= 4 is 36.4 Å². The number of rotatable bonds is 4. The van der Waals surface area contributed by atoms with Gasteiger partial charge in [0.2, 0.25) is 0 Å². The minimum Gasteiger partial charge on any atom is -0.339 e. The third-order valence-electron chi connectivity index (χ3n) is 4.22. The van der Waals surface area contributed by atoms with E-state index in [-0.39, 0.29) is 30.7 Å². The molecule has 5 nitrogen and oxygen atoms in total. The summed E-state index contributed by atoms with van der Waals surface area (Å²) in [7, 11) is 0. The van der Waals surface area contributed by atoms with Crippen LogP contribution in [0.3, 0.4) is 0 Å². The van der Waals surface area contributed by atoms with Gasteiger partial charge in [0.1, 0.15) is 5.65 Å². The molecular formula is C16H24Cl2N4O. The van der Waals surface area contributed by atoms with Gasteiger partial charge in [-0.2, -0.15) is 0 Å². The number of hydrogen-bond donors (Lipinski definition) is 1. The summed E-state index contributed by atoms with van der Waals surface area (Å²) in [5.74, 6) is 0.831. The Balaban J connectivity index is 0.00000132. The molecule has 1 aliphatic rings. The lowest BCUT2D eigenvalue weighted by atomic mass is 9.96. The molecule has 0 aromatic carbocycles. The maximum Gasteiger partial charge on any atom is 0.255 e. The van der Waals surface area contributed by atoms with Crippen LogP contribution in [0.15, 0.2) is 30.7 Å². The SMILES string of the molecule is CCNCC1CCN(C(=O)c2ccc3nccn3c2)CC1.Cl.Cl. The van der Waals surface area contributed by atoms with Gasteiger partial charge in [0.05, 0.1) is 5.56 Å². The van der Waals surface area contributed by atoms with Gasteiger partial charge in [-0.05, 0) is 44.0 Å². The van der Waals surface area contributed by atoms with E-state index in [0.717, 1.165) is 50.2 Å². The van der Waals surface area contributed by atoms with Crippen LogP contribution in [0, 0.1) is 5.92 Å². The summed E-state index contributed by atoms with van der Waals surface area (Å²) in [6, 6.07) is 3.76. The van der Waals surface area contributed by atoms with Crippen LogP contribution in [-0.2, 0) is 0 Å². The number of piperidine rings is 1. The second-order valence-corrected chi connectivity index (χ2v) is 5.65. The molecule has 2 aromatic rings. The van der Waals surface area contributed by atoms with Crippen LogP contribution in [0.2, 0.25) is 0 Å². The van der Waals surface area contributed by atoms with Gasteiger partial charge in [-0.15, -0.1) is 24.8 Å². The molecule has 2 aromatic heterocycles. The maximum atomic E-state index is 12.6. The average molecular weight is 359 g/mol. The summed E-state index contributed by atoms with van der Waals surface area (Å²) in [4.78, 5) is 18.7. The first-order chi connectivity index (χ1) is 10.3. The van der Waals surface area contributed by atoms with Crippen LogP contribution < -0.4 is 5.32 Å². The molecule has 0 radical (unpaired) electrons. The predicted octanol–water partition coefficient (Wildman–Crippen LogP) is 2.64. The van der Waals surface area contributed by atoms with Gasteiger partial charge >= 0.3 is 0 Å². The number of aromatic nitrogens is 2. The van der Waals surface area contributed by atoms with Crippen molar-refractivity contribution in [3.63, 3.8) is 0 Å². The number of carbonyl (C=O) groups excluding carboxylic acids is 1. The van der Waals surface area contributed by atoms with Crippen molar-refractivity contribution in [1.82, 2.24) is 19.6 Å². The van der Waals surface area contributed by atoms with Crippen LogP contribution >= 0.6 is 24.8 Å². The fraction of sp³-hybridized carbons (Fsp3) is 0.500. The van der Waals surface area contributed by atoms with E-state index < -0.39 is 0 Å². The molecule has 0 spiro atoms. The Hall–Kier alpha value is -1.30. The smallest absolute Gasteiger partial charge is 0.255 e. The lowest BCUT2D eigenvalue weighted by Gasteiger charge is -2.32. The number of nitrogens with zero attached hydrogens (tertiary/aromatic N) is 3. The summed E-state index contributed by atoms with van der Waals surface area (Å²) in [6.45, 7) is 5.93. The molecule has 128 valence electrons. The van der Waals surface area contributed by atoms with Gasteiger partial charge in [-0.25, -0.2) is 4.98 Å². The highest BCUT2D eigenvalue weighted by Gasteiger charge is 2.23. The summed E-state index contributed by atoms with van der Waals surface area (Å²) >= 11 is 0. The molecular weight excluding hydrogens is 335 g/mol. The Morgan fingerprint density at radius 2 is 2.04 bits per heavy atom. The van der Waals surface area contributed by atoms with Gasteiger partial charge in [-0.1, -0.05) is 6.92 Å². The minimum atomic E-state index is 0. The molecule has 7 heteroatoms. The first kappa shape index (κ1) is 19.7. The third kappa shape index (κ3) is 4.59. The van der Waals surface area contributed by atoms with Crippen LogP contribution in [-0.4, -0.2) is 46.4 Å². The Morgan fingerprint density at radius 1 is 1.30 bits per heavy atom. The topological polar surface area (TPSA) is 49.6 Å². The van der Waals surface area contributed by atoms with Crippen LogP contribution in [0.4, 0.5) is 0 Å². The van der Waals surface area contributed by atoms with Gasteiger partial charge in [0.25, 0.3) is 5.91 Å². The first-order valence-electron chi connectivity index (χ1n) is 7.70. The number of likely N-dealkylation sites (tertiary alicyclic amines) is 1. The molecule has 1 aliphatic heterocycles. The lowest BCUT2D eigenvalue weighted by molar-refractivity contribution is 0.0690. The first-order valence-corrected chi connectivity index (χ1v) is 7.70.